The van der Waals surface area contributed by atoms with Gasteiger partial charge in [-0.25, -0.2) is 4.98 Å². The van der Waals surface area contributed by atoms with Gasteiger partial charge in [0.15, 0.2) is 0 Å². The summed E-state index contributed by atoms with van der Waals surface area (Å²) >= 11 is 0. The first-order valence-corrected chi connectivity index (χ1v) is 8.19. The van der Waals surface area contributed by atoms with Crippen LogP contribution in [-0.4, -0.2) is 9.55 Å². The van der Waals surface area contributed by atoms with E-state index in [2.05, 4.69) is 24.5 Å². The highest BCUT2D eigenvalue weighted by Gasteiger charge is 2.10. The largest absolute Gasteiger partial charge is 0.328 e. The van der Waals surface area contributed by atoms with Crippen LogP contribution in [0.5, 0.6) is 0 Å². The number of hydrogen-bond donors (Lipinski definition) is 0. The molecule has 2 rings (SSSR count). The Hall–Kier alpha value is -1.82. The molecule has 0 N–H and O–H groups in total. The number of rotatable bonds is 8. The summed E-state index contributed by atoms with van der Waals surface area (Å²) in [6.45, 7) is 5.45. The highest BCUT2D eigenvalue weighted by molar-refractivity contribution is 5.77. The van der Waals surface area contributed by atoms with Crippen LogP contribution >= 0.6 is 0 Å². The number of unbranched alkanes of at least 4 members (excludes halogenated alkanes) is 4. The molecule has 0 aliphatic heterocycles. The van der Waals surface area contributed by atoms with Crippen LogP contribution in [-0.2, 0) is 13.0 Å². The van der Waals surface area contributed by atoms with E-state index in [-0.39, 0.29) is 0 Å². The van der Waals surface area contributed by atoms with Crippen molar-refractivity contribution in [2.75, 3.05) is 0 Å². The zero-order valence-electron chi connectivity index (χ0n) is 13.2. The maximum Gasteiger partial charge on any atom is 0.109 e. The van der Waals surface area contributed by atoms with Gasteiger partial charge in [0.2, 0.25) is 0 Å². The lowest BCUT2D eigenvalue weighted by molar-refractivity contribution is 0.594. The van der Waals surface area contributed by atoms with Crippen LogP contribution in [0, 0.1) is 11.3 Å². The number of fused-ring (bicyclic) bond motifs is 1. The van der Waals surface area contributed by atoms with Crippen molar-refractivity contribution in [2.24, 2.45) is 0 Å². The number of aryl methyl sites for hydroxylation is 2. The van der Waals surface area contributed by atoms with E-state index < -0.39 is 0 Å². The van der Waals surface area contributed by atoms with Crippen molar-refractivity contribution < 1.29 is 0 Å². The fourth-order valence-corrected chi connectivity index (χ4v) is 2.80. The molecule has 3 nitrogen and oxygen atoms in total. The number of hydrogen-bond acceptors (Lipinski definition) is 2. The molecule has 1 aromatic heterocycles. The molecule has 0 amide bonds. The van der Waals surface area contributed by atoms with E-state index in [1.165, 1.54) is 43.4 Å². The van der Waals surface area contributed by atoms with Gasteiger partial charge in [-0.3, -0.25) is 0 Å². The fraction of sp³-hybridized carbons (Fsp3) is 0.556. The Morgan fingerprint density at radius 3 is 2.62 bits per heavy atom. The Labute approximate surface area is 127 Å². The smallest absolute Gasteiger partial charge is 0.109 e. The Morgan fingerprint density at radius 2 is 1.90 bits per heavy atom. The van der Waals surface area contributed by atoms with E-state index in [1.54, 1.807) is 0 Å². The third-order valence-electron chi connectivity index (χ3n) is 3.91. The first kappa shape index (κ1) is 15.6. The molecule has 0 aliphatic carbocycles. The van der Waals surface area contributed by atoms with Crippen molar-refractivity contribution in [3.05, 3.63) is 29.6 Å². The van der Waals surface area contributed by atoms with Gasteiger partial charge in [-0.15, -0.1) is 0 Å². The summed E-state index contributed by atoms with van der Waals surface area (Å²) in [6, 6.07) is 8.03. The summed E-state index contributed by atoms with van der Waals surface area (Å²) in [5.41, 5.74) is 2.82. The van der Waals surface area contributed by atoms with Crippen LogP contribution in [0.2, 0.25) is 0 Å². The number of imidazole rings is 1. The van der Waals surface area contributed by atoms with Gasteiger partial charge in [-0.1, -0.05) is 39.5 Å². The molecule has 2 aromatic rings. The minimum atomic E-state index is 0.693. The van der Waals surface area contributed by atoms with Gasteiger partial charge in [0.25, 0.3) is 0 Å². The average Bonchev–Trinajstić information content (AvgIpc) is 2.84. The Kier molecular flexibility index (Phi) is 5.80. The Morgan fingerprint density at radius 1 is 1.10 bits per heavy atom. The molecule has 112 valence electrons. The second kappa shape index (κ2) is 7.83. The van der Waals surface area contributed by atoms with Crippen molar-refractivity contribution in [3.63, 3.8) is 0 Å². The van der Waals surface area contributed by atoms with Crippen LogP contribution in [0.3, 0.4) is 0 Å². The first-order valence-electron chi connectivity index (χ1n) is 8.19. The number of benzene rings is 1. The Balaban J connectivity index is 2.17. The molecule has 3 heteroatoms. The molecule has 0 saturated carbocycles. The summed E-state index contributed by atoms with van der Waals surface area (Å²) in [5.74, 6) is 1.18. The van der Waals surface area contributed by atoms with Gasteiger partial charge >= 0.3 is 0 Å². The van der Waals surface area contributed by atoms with E-state index >= 15 is 0 Å². The molecule has 0 saturated heterocycles. The molecule has 0 atom stereocenters. The van der Waals surface area contributed by atoms with Gasteiger partial charge in [0.1, 0.15) is 5.82 Å². The second-order valence-electron chi connectivity index (χ2n) is 5.66. The van der Waals surface area contributed by atoms with E-state index in [0.717, 1.165) is 24.9 Å². The van der Waals surface area contributed by atoms with E-state index in [1.807, 2.05) is 18.2 Å². The molecule has 21 heavy (non-hydrogen) atoms. The minimum absolute atomic E-state index is 0.693. The van der Waals surface area contributed by atoms with Crippen LogP contribution in [0.15, 0.2) is 18.2 Å². The molecule has 0 unspecified atom stereocenters. The first-order chi connectivity index (χ1) is 10.3. The third kappa shape index (κ3) is 3.85. The number of aromatic nitrogens is 2. The van der Waals surface area contributed by atoms with Crippen molar-refractivity contribution in [3.8, 4) is 6.07 Å². The quantitative estimate of drug-likeness (QED) is 0.651. The zero-order valence-corrected chi connectivity index (χ0v) is 13.2. The predicted octanol–water partition coefficient (Wildman–Crippen LogP) is 4.83. The molecule has 0 bridgehead atoms. The van der Waals surface area contributed by atoms with Gasteiger partial charge < -0.3 is 4.57 Å². The highest BCUT2D eigenvalue weighted by atomic mass is 15.1. The van der Waals surface area contributed by atoms with Crippen molar-refractivity contribution in [2.45, 2.75) is 65.3 Å². The van der Waals surface area contributed by atoms with Crippen molar-refractivity contribution in [1.29, 1.82) is 5.26 Å². The molecule has 0 spiro atoms. The summed E-state index contributed by atoms with van der Waals surface area (Å²) < 4.78 is 2.33. The van der Waals surface area contributed by atoms with Crippen LogP contribution in [0.1, 0.15) is 63.8 Å². The van der Waals surface area contributed by atoms with E-state index in [0.29, 0.717) is 5.56 Å². The third-order valence-corrected chi connectivity index (χ3v) is 3.91. The average molecular weight is 283 g/mol. The lowest BCUT2D eigenvalue weighted by Crippen LogP contribution is -2.03. The lowest BCUT2D eigenvalue weighted by Gasteiger charge is -2.07. The fourth-order valence-electron chi connectivity index (χ4n) is 2.80. The highest BCUT2D eigenvalue weighted by Crippen LogP contribution is 2.20. The van der Waals surface area contributed by atoms with Crippen molar-refractivity contribution >= 4 is 11.0 Å². The second-order valence-corrected chi connectivity index (χ2v) is 5.66. The summed E-state index contributed by atoms with van der Waals surface area (Å²) in [4.78, 5) is 4.77. The predicted molar refractivity (Wildman–Crippen MR) is 87.2 cm³/mol. The summed E-state index contributed by atoms with van der Waals surface area (Å²) in [5, 5.41) is 9.02. The minimum Gasteiger partial charge on any atom is -0.328 e. The SMILES string of the molecule is CCCCCCCc1nc2cc(C#N)ccc2n1CCC. The molecule has 1 aromatic carbocycles. The number of nitrogens with zero attached hydrogens (tertiary/aromatic N) is 3. The van der Waals surface area contributed by atoms with Gasteiger partial charge in [-0.05, 0) is 31.0 Å². The summed E-state index contributed by atoms with van der Waals surface area (Å²) in [7, 11) is 0. The molecule has 1 heterocycles. The van der Waals surface area contributed by atoms with Crippen molar-refractivity contribution in [1.82, 2.24) is 9.55 Å². The topological polar surface area (TPSA) is 41.6 Å². The molecule has 0 aliphatic rings. The summed E-state index contributed by atoms with van der Waals surface area (Å²) in [6.07, 6.45) is 8.57. The van der Waals surface area contributed by atoms with Gasteiger partial charge in [-0.2, -0.15) is 5.26 Å². The maximum absolute atomic E-state index is 9.02. The normalized spacial score (nSPS) is 10.9. The Bertz CT molecular complexity index is 619. The molecule has 0 fully saturated rings. The standard InChI is InChI=1S/C18H25N3/c1-3-5-6-7-8-9-18-20-16-13-15(14-19)10-11-17(16)21(18)12-4-2/h10-11,13H,3-9,12H2,1-2H3. The molecular formula is C18H25N3. The van der Waals surface area contributed by atoms with Crippen LogP contribution in [0.25, 0.3) is 11.0 Å². The molecule has 0 radical (unpaired) electrons. The molecular weight excluding hydrogens is 258 g/mol. The van der Waals surface area contributed by atoms with Gasteiger partial charge in [0, 0.05) is 13.0 Å². The number of nitriles is 1. The van der Waals surface area contributed by atoms with E-state index in [4.69, 9.17) is 10.2 Å². The van der Waals surface area contributed by atoms with Crippen LogP contribution in [0.4, 0.5) is 0 Å². The maximum atomic E-state index is 9.02. The lowest BCUT2D eigenvalue weighted by atomic mass is 10.1. The van der Waals surface area contributed by atoms with Crippen LogP contribution < -0.4 is 0 Å². The van der Waals surface area contributed by atoms with Gasteiger partial charge in [0.05, 0.1) is 22.7 Å². The monoisotopic (exact) mass is 283 g/mol. The zero-order chi connectivity index (χ0) is 15.1. The van der Waals surface area contributed by atoms with E-state index in [9.17, 15) is 0 Å².